The Balaban J connectivity index is 0. The number of nitrogens with one attached hydrogen (secondary N) is 1. The van der Waals surface area contributed by atoms with Crippen LogP contribution in [0.3, 0.4) is 0 Å². The first-order valence-corrected chi connectivity index (χ1v) is 6.74. The van der Waals surface area contributed by atoms with E-state index in [0.29, 0.717) is 32.1 Å². The Morgan fingerprint density at radius 2 is 1.61 bits per heavy atom. The lowest BCUT2D eigenvalue weighted by atomic mass is 10.2. The van der Waals surface area contributed by atoms with E-state index in [1.807, 2.05) is 0 Å². The van der Waals surface area contributed by atoms with Gasteiger partial charge in [0.1, 0.15) is 0 Å². The molecule has 0 aromatic heterocycles. The van der Waals surface area contributed by atoms with Crippen molar-refractivity contribution < 1.29 is 9.59 Å². The Bertz CT molecular complexity index is 249. The van der Waals surface area contributed by atoms with Gasteiger partial charge >= 0.3 is 0 Å². The van der Waals surface area contributed by atoms with Gasteiger partial charge in [-0.1, -0.05) is 6.92 Å². The molecule has 0 aromatic carbocycles. The number of nitrogens with zero attached hydrogens (tertiary/aromatic N) is 1. The summed E-state index contributed by atoms with van der Waals surface area (Å²) in [5.74, 6) is 0. The van der Waals surface area contributed by atoms with Crippen molar-refractivity contribution in [3.63, 3.8) is 0 Å². The molecule has 0 bridgehead atoms. The van der Waals surface area contributed by atoms with E-state index in [-0.39, 0.29) is 10.5 Å². The van der Waals surface area contributed by atoms with E-state index in [0.717, 1.165) is 19.5 Å². The van der Waals surface area contributed by atoms with E-state index in [4.69, 9.17) is 28.5 Å². The summed E-state index contributed by atoms with van der Waals surface area (Å²) in [5, 5.41) is 10.5. The van der Waals surface area contributed by atoms with Crippen molar-refractivity contribution in [3.8, 4) is 6.07 Å². The van der Waals surface area contributed by atoms with Gasteiger partial charge in [0.15, 0.2) is 0 Å². The molecule has 0 unspecified atom stereocenters. The fourth-order valence-corrected chi connectivity index (χ4v) is 1.24. The van der Waals surface area contributed by atoms with E-state index < -0.39 is 0 Å². The molecule has 0 radical (unpaired) electrons. The van der Waals surface area contributed by atoms with Crippen LogP contribution in [-0.4, -0.2) is 23.6 Å². The van der Waals surface area contributed by atoms with Crippen molar-refractivity contribution in [2.75, 3.05) is 13.1 Å². The topological polar surface area (TPSA) is 70.0 Å². The molecule has 0 rings (SSSR count). The molecule has 0 saturated heterocycles. The molecule has 4 nitrogen and oxygen atoms in total. The number of halogens is 2. The van der Waals surface area contributed by atoms with E-state index in [2.05, 4.69) is 18.3 Å². The third-order valence-electron chi connectivity index (χ3n) is 1.84. The van der Waals surface area contributed by atoms with Crippen LogP contribution in [0, 0.1) is 11.3 Å². The van der Waals surface area contributed by atoms with Crippen molar-refractivity contribution >= 4 is 33.7 Å². The fraction of sp³-hybridized carbons (Fsp3) is 0.750. The van der Waals surface area contributed by atoms with Gasteiger partial charge in [-0.15, -0.1) is 0 Å². The molecule has 0 heterocycles. The lowest BCUT2D eigenvalue weighted by Gasteiger charge is -1.94. The lowest BCUT2D eigenvalue weighted by molar-refractivity contribution is -0.113. The third kappa shape index (κ3) is 24.6. The number of unbranched alkanes of at least 4 members (excludes halogenated alkanes) is 1. The molecule has 0 aliphatic rings. The molecule has 0 aromatic rings. The summed E-state index contributed by atoms with van der Waals surface area (Å²) in [6.07, 6.45) is 3.70. The first kappa shape index (κ1) is 19.7. The molecule has 0 atom stereocenters. The predicted octanol–water partition coefficient (Wildman–Crippen LogP) is 2.98. The Labute approximate surface area is 119 Å². The summed E-state index contributed by atoms with van der Waals surface area (Å²) >= 11 is 10.1. The first-order chi connectivity index (χ1) is 8.54. The minimum atomic E-state index is -0.359. The average molecular weight is 295 g/mol. The van der Waals surface area contributed by atoms with Gasteiger partial charge in [0.25, 0.3) is 0 Å². The van der Waals surface area contributed by atoms with Crippen LogP contribution in [-0.2, 0) is 9.59 Å². The van der Waals surface area contributed by atoms with Gasteiger partial charge in [0.2, 0.25) is 10.5 Å². The van der Waals surface area contributed by atoms with Gasteiger partial charge in [0, 0.05) is 25.8 Å². The summed E-state index contributed by atoms with van der Waals surface area (Å²) in [4.78, 5) is 20.3. The monoisotopic (exact) mass is 294 g/mol. The maximum atomic E-state index is 10.1. The third-order valence-corrected chi connectivity index (χ3v) is 2.21. The Morgan fingerprint density at radius 3 is 1.94 bits per heavy atom. The van der Waals surface area contributed by atoms with Crippen LogP contribution in [0.4, 0.5) is 0 Å². The van der Waals surface area contributed by atoms with E-state index in [1.54, 1.807) is 0 Å². The quantitative estimate of drug-likeness (QED) is 0.524. The van der Waals surface area contributed by atoms with Gasteiger partial charge in [-0.05, 0) is 49.0 Å². The number of hydrogen-bond acceptors (Lipinski definition) is 4. The Hall–Kier alpha value is -0.630. The Kier molecular flexibility index (Phi) is 17.9. The summed E-state index contributed by atoms with van der Waals surface area (Å²) in [5.41, 5.74) is 0. The molecule has 18 heavy (non-hydrogen) atoms. The van der Waals surface area contributed by atoms with Crippen LogP contribution in [0.5, 0.6) is 0 Å². The Morgan fingerprint density at radius 1 is 1.11 bits per heavy atom. The fourth-order valence-electron chi connectivity index (χ4n) is 0.974. The van der Waals surface area contributed by atoms with Crippen LogP contribution in [0.15, 0.2) is 0 Å². The molecular formula is C12H20Cl2N2O2. The van der Waals surface area contributed by atoms with Crippen LogP contribution in [0.25, 0.3) is 0 Å². The first-order valence-electron chi connectivity index (χ1n) is 5.98. The minimum absolute atomic E-state index is 0.325. The van der Waals surface area contributed by atoms with Crippen LogP contribution < -0.4 is 5.32 Å². The molecule has 0 spiro atoms. The number of hydrogen-bond donors (Lipinski definition) is 1. The lowest BCUT2D eigenvalue weighted by Crippen LogP contribution is -2.14. The highest BCUT2D eigenvalue weighted by atomic mass is 35.5. The molecule has 1 N–H and O–H groups in total. The van der Waals surface area contributed by atoms with Crippen LogP contribution in [0.1, 0.15) is 45.4 Å². The molecule has 0 aliphatic carbocycles. The maximum Gasteiger partial charge on any atom is 0.221 e. The molecule has 0 saturated carbocycles. The zero-order valence-electron chi connectivity index (χ0n) is 10.7. The molecule has 0 amide bonds. The van der Waals surface area contributed by atoms with Gasteiger partial charge in [-0.2, -0.15) is 5.26 Å². The molecule has 6 heteroatoms. The average Bonchev–Trinajstić information content (AvgIpc) is 2.31. The SMILES string of the molecule is CCCNCCC#N.O=C(Cl)CCCCC(=O)Cl. The second kappa shape index (κ2) is 16.4. The summed E-state index contributed by atoms with van der Waals surface area (Å²) in [6.45, 7) is 3.98. The van der Waals surface area contributed by atoms with Gasteiger partial charge in [-0.25, -0.2) is 0 Å². The van der Waals surface area contributed by atoms with Crippen molar-refractivity contribution in [1.29, 1.82) is 5.26 Å². The molecule has 0 aliphatic heterocycles. The second-order valence-electron chi connectivity index (χ2n) is 3.58. The van der Waals surface area contributed by atoms with E-state index in [9.17, 15) is 9.59 Å². The number of carbonyl (C=O) groups is 2. The van der Waals surface area contributed by atoms with E-state index >= 15 is 0 Å². The molecular weight excluding hydrogens is 275 g/mol. The molecule has 104 valence electrons. The number of carbonyl (C=O) groups excluding carboxylic acids is 2. The van der Waals surface area contributed by atoms with Crippen molar-refractivity contribution in [1.82, 2.24) is 5.32 Å². The summed E-state index contributed by atoms with van der Waals surface area (Å²) < 4.78 is 0. The number of rotatable bonds is 9. The number of nitriles is 1. The normalized spacial score (nSPS) is 9.00. The highest BCUT2D eigenvalue weighted by Crippen LogP contribution is 2.03. The van der Waals surface area contributed by atoms with Gasteiger partial charge in [0.05, 0.1) is 6.07 Å². The van der Waals surface area contributed by atoms with Crippen LogP contribution in [0.2, 0.25) is 0 Å². The zero-order chi connectivity index (χ0) is 14.2. The maximum absolute atomic E-state index is 10.1. The van der Waals surface area contributed by atoms with Gasteiger partial charge in [-0.3, -0.25) is 9.59 Å². The van der Waals surface area contributed by atoms with Crippen molar-refractivity contribution in [2.45, 2.75) is 45.4 Å². The van der Waals surface area contributed by atoms with Crippen molar-refractivity contribution in [2.24, 2.45) is 0 Å². The smallest absolute Gasteiger partial charge is 0.221 e. The highest BCUT2D eigenvalue weighted by Gasteiger charge is 1.98. The summed E-state index contributed by atoms with van der Waals surface area (Å²) in [7, 11) is 0. The van der Waals surface area contributed by atoms with E-state index in [1.165, 1.54) is 0 Å². The van der Waals surface area contributed by atoms with Crippen LogP contribution >= 0.6 is 23.2 Å². The van der Waals surface area contributed by atoms with Gasteiger partial charge < -0.3 is 5.32 Å². The largest absolute Gasteiger partial charge is 0.316 e. The minimum Gasteiger partial charge on any atom is -0.316 e. The highest BCUT2D eigenvalue weighted by molar-refractivity contribution is 6.63. The van der Waals surface area contributed by atoms with Crippen molar-refractivity contribution in [3.05, 3.63) is 0 Å². The summed E-state index contributed by atoms with van der Waals surface area (Å²) in [6, 6.07) is 2.06. The predicted molar refractivity (Wildman–Crippen MR) is 73.6 cm³/mol. The second-order valence-corrected chi connectivity index (χ2v) is 4.42. The zero-order valence-corrected chi connectivity index (χ0v) is 12.2. The standard InChI is InChI=1S/C6H8Cl2O2.C6H12N2/c7-5(9)3-1-2-4-6(8)10;1-2-5-8-6-3-4-7/h1-4H2;8H,2-3,5-6H2,1H3. The molecule has 0 fully saturated rings.